The molecule has 2 aliphatic heterocycles. The van der Waals surface area contributed by atoms with Crippen molar-refractivity contribution in [3.05, 3.63) is 59.3 Å². The Labute approximate surface area is 259 Å². The number of hydrogen-bond donors (Lipinski definition) is 3. The van der Waals surface area contributed by atoms with Gasteiger partial charge in [-0.3, -0.25) is 9.59 Å². The summed E-state index contributed by atoms with van der Waals surface area (Å²) in [6, 6.07) is 10.7. The average molecular weight is 627 g/mol. The summed E-state index contributed by atoms with van der Waals surface area (Å²) in [5.74, 6) is 0.0293. The van der Waals surface area contributed by atoms with Gasteiger partial charge in [0, 0.05) is 62.8 Å². The van der Waals surface area contributed by atoms with E-state index in [2.05, 4.69) is 35.7 Å². The first-order valence-corrected chi connectivity index (χ1v) is 14.7. The Morgan fingerprint density at radius 3 is 2.62 bits per heavy atom. The van der Waals surface area contributed by atoms with E-state index in [4.69, 9.17) is 4.74 Å². The maximum atomic E-state index is 13.9. The predicted molar refractivity (Wildman–Crippen MR) is 166 cm³/mol. The second-order valence-electron chi connectivity index (χ2n) is 11.3. The maximum Gasteiger partial charge on any atom is 0.421 e. The molecule has 1 fully saturated rings. The van der Waals surface area contributed by atoms with Crippen LogP contribution in [0.3, 0.4) is 0 Å². The summed E-state index contributed by atoms with van der Waals surface area (Å²) in [5, 5.41) is 8.53. The van der Waals surface area contributed by atoms with E-state index in [1.807, 2.05) is 31.1 Å². The fourth-order valence-corrected chi connectivity index (χ4v) is 5.46. The lowest BCUT2D eigenvalue weighted by molar-refractivity contribution is -0.137. The Bertz CT molecular complexity index is 1540. The Morgan fingerprint density at radius 2 is 1.91 bits per heavy atom. The van der Waals surface area contributed by atoms with E-state index in [-0.39, 0.29) is 36.5 Å². The number of halogens is 3. The van der Waals surface area contributed by atoms with Gasteiger partial charge in [0.2, 0.25) is 17.8 Å². The molecule has 45 heavy (non-hydrogen) atoms. The van der Waals surface area contributed by atoms with Crippen LogP contribution in [-0.2, 0) is 28.7 Å². The SMILES string of the molecule is COc1cc(N2CCN(C(=O)CCCN(C)C)CC2)ccc1Nc1ncc(C(F)(F)F)c(NCc2cccc3c2CC(=O)N3)n1. The van der Waals surface area contributed by atoms with E-state index in [9.17, 15) is 22.8 Å². The van der Waals surface area contributed by atoms with Gasteiger partial charge >= 0.3 is 6.18 Å². The van der Waals surface area contributed by atoms with Gasteiger partial charge in [-0.2, -0.15) is 18.2 Å². The Morgan fingerprint density at radius 1 is 1.13 bits per heavy atom. The normalized spacial score (nSPS) is 14.8. The molecule has 5 rings (SSSR count). The van der Waals surface area contributed by atoms with Gasteiger partial charge in [-0.15, -0.1) is 0 Å². The van der Waals surface area contributed by atoms with E-state index in [1.165, 1.54) is 7.11 Å². The van der Waals surface area contributed by atoms with Crippen molar-refractivity contribution in [3.8, 4) is 5.75 Å². The molecule has 0 aliphatic carbocycles. The number of ether oxygens (including phenoxy) is 1. The van der Waals surface area contributed by atoms with Gasteiger partial charge in [-0.25, -0.2) is 4.98 Å². The number of alkyl halides is 3. The van der Waals surface area contributed by atoms with Crippen LogP contribution in [-0.4, -0.2) is 85.5 Å². The van der Waals surface area contributed by atoms with Crippen molar-refractivity contribution in [1.82, 2.24) is 19.8 Å². The van der Waals surface area contributed by atoms with Gasteiger partial charge in [0.15, 0.2) is 0 Å². The molecule has 0 unspecified atom stereocenters. The lowest BCUT2D eigenvalue weighted by atomic mass is 10.0. The summed E-state index contributed by atoms with van der Waals surface area (Å²) in [7, 11) is 5.49. The molecule has 2 aliphatic rings. The van der Waals surface area contributed by atoms with Crippen LogP contribution < -0.4 is 25.6 Å². The lowest BCUT2D eigenvalue weighted by Crippen LogP contribution is -2.48. The largest absolute Gasteiger partial charge is 0.494 e. The number of methoxy groups -OCH3 is 1. The van der Waals surface area contributed by atoms with Gasteiger partial charge in [0.25, 0.3) is 0 Å². The first kappa shape index (κ1) is 31.8. The van der Waals surface area contributed by atoms with Gasteiger partial charge in [0.05, 0.1) is 19.2 Å². The van der Waals surface area contributed by atoms with Crippen molar-refractivity contribution in [2.75, 3.05) is 74.8 Å². The molecule has 2 aromatic carbocycles. The number of rotatable bonds is 11. The van der Waals surface area contributed by atoms with Crippen LogP contribution >= 0.6 is 0 Å². The molecular weight excluding hydrogens is 589 g/mol. The molecule has 0 spiro atoms. The summed E-state index contributed by atoms with van der Waals surface area (Å²) >= 11 is 0. The third kappa shape index (κ3) is 7.74. The van der Waals surface area contributed by atoms with Crippen molar-refractivity contribution >= 4 is 40.6 Å². The lowest BCUT2D eigenvalue weighted by Gasteiger charge is -2.36. The molecule has 11 nitrogen and oxygen atoms in total. The monoisotopic (exact) mass is 626 g/mol. The number of benzene rings is 2. The number of amides is 2. The molecule has 0 atom stereocenters. The fraction of sp³-hybridized carbons (Fsp3) is 0.419. The second kappa shape index (κ2) is 13.6. The van der Waals surface area contributed by atoms with E-state index in [0.29, 0.717) is 55.3 Å². The van der Waals surface area contributed by atoms with Crippen molar-refractivity contribution in [3.63, 3.8) is 0 Å². The molecule has 0 bridgehead atoms. The minimum absolute atomic E-state index is 0.0324. The van der Waals surface area contributed by atoms with Gasteiger partial charge in [-0.1, -0.05) is 12.1 Å². The zero-order chi connectivity index (χ0) is 32.1. The summed E-state index contributed by atoms with van der Waals surface area (Å²) in [5.41, 5.74) is 2.46. The molecule has 1 saturated heterocycles. The highest BCUT2D eigenvalue weighted by atomic mass is 19.4. The summed E-state index contributed by atoms with van der Waals surface area (Å²) < 4.78 is 47.2. The van der Waals surface area contributed by atoms with Crippen LogP contribution in [0.1, 0.15) is 29.5 Å². The van der Waals surface area contributed by atoms with Crippen LogP contribution in [0.4, 0.5) is 42.0 Å². The molecule has 0 radical (unpaired) electrons. The first-order valence-electron chi connectivity index (χ1n) is 14.7. The van der Waals surface area contributed by atoms with Crippen LogP contribution in [0.5, 0.6) is 5.75 Å². The predicted octanol–water partition coefficient (Wildman–Crippen LogP) is 4.34. The molecule has 0 saturated carbocycles. The molecular formula is C31H37F3N8O3. The van der Waals surface area contributed by atoms with Crippen LogP contribution in [0.15, 0.2) is 42.6 Å². The minimum atomic E-state index is -4.68. The number of carbonyl (C=O) groups is 2. The standard InChI is InChI=1S/C31H37F3N8O3/c1-40(2)11-5-8-28(44)42-14-12-41(13-15-42)21-9-10-25(26(16-21)45-3)38-30-36-19-23(31(32,33)34)29(39-30)35-18-20-6-4-7-24-22(20)17-27(43)37-24/h4,6-7,9-10,16,19H,5,8,11-15,17-18H2,1-3H3,(H,37,43)(H2,35,36,38,39). The zero-order valence-electron chi connectivity index (χ0n) is 25.5. The molecule has 2 amide bonds. The van der Waals surface area contributed by atoms with Crippen molar-refractivity contribution < 1.29 is 27.5 Å². The molecule has 240 valence electrons. The summed E-state index contributed by atoms with van der Waals surface area (Å²) in [4.78, 5) is 38.6. The summed E-state index contributed by atoms with van der Waals surface area (Å²) in [6.07, 6.45) is -2.43. The highest BCUT2D eigenvalue weighted by molar-refractivity contribution is 5.99. The average Bonchev–Trinajstić information content (AvgIpc) is 3.40. The van der Waals surface area contributed by atoms with Crippen LogP contribution in [0.25, 0.3) is 0 Å². The Kier molecular flexibility index (Phi) is 9.61. The van der Waals surface area contributed by atoms with Crippen LogP contribution in [0.2, 0.25) is 0 Å². The second-order valence-corrected chi connectivity index (χ2v) is 11.3. The molecule has 1 aromatic heterocycles. The number of fused-ring (bicyclic) bond motifs is 1. The van der Waals surface area contributed by atoms with Gasteiger partial charge in [-0.05, 0) is 56.4 Å². The topological polar surface area (TPSA) is 115 Å². The summed E-state index contributed by atoms with van der Waals surface area (Å²) in [6.45, 7) is 3.48. The van der Waals surface area contributed by atoms with Gasteiger partial charge < -0.3 is 35.4 Å². The van der Waals surface area contributed by atoms with E-state index in [1.54, 1.807) is 24.3 Å². The smallest absolute Gasteiger partial charge is 0.421 e. The third-order valence-corrected chi connectivity index (χ3v) is 7.85. The zero-order valence-corrected chi connectivity index (χ0v) is 25.5. The van der Waals surface area contributed by atoms with Crippen molar-refractivity contribution in [1.29, 1.82) is 0 Å². The van der Waals surface area contributed by atoms with Crippen LogP contribution in [0, 0.1) is 0 Å². The molecule has 3 N–H and O–H groups in total. The first-order chi connectivity index (χ1) is 21.5. The number of carbonyl (C=O) groups excluding carboxylic acids is 2. The highest BCUT2D eigenvalue weighted by Gasteiger charge is 2.35. The maximum absolute atomic E-state index is 13.9. The minimum Gasteiger partial charge on any atom is -0.494 e. The number of aromatic nitrogens is 2. The fourth-order valence-electron chi connectivity index (χ4n) is 5.46. The van der Waals surface area contributed by atoms with Gasteiger partial charge in [0.1, 0.15) is 17.1 Å². The number of nitrogens with zero attached hydrogens (tertiary/aromatic N) is 5. The number of piperazine rings is 1. The molecule has 14 heteroatoms. The Balaban J connectivity index is 1.27. The number of hydrogen-bond acceptors (Lipinski definition) is 9. The quantitative estimate of drug-likeness (QED) is 0.286. The van der Waals surface area contributed by atoms with Crippen molar-refractivity contribution in [2.45, 2.75) is 32.0 Å². The third-order valence-electron chi connectivity index (χ3n) is 7.85. The molecule has 3 aromatic rings. The number of anilines is 5. The van der Waals surface area contributed by atoms with E-state index in [0.717, 1.165) is 30.4 Å². The van der Waals surface area contributed by atoms with Crippen molar-refractivity contribution in [2.24, 2.45) is 0 Å². The highest BCUT2D eigenvalue weighted by Crippen LogP contribution is 2.36. The van der Waals surface area contributed by atoms with E-state index < -0.39 is 11.7 Å². The molecule has 3 heterocycles. The van der Waals surface area contributed by atoms with E-state index >= 15 is 0 Å². The number of nitrogens with one attached hydrogen (secondary N) is 3. The Hall–Kier alpha value is -4.59.